The van der Waals surface area contributed by atoms with Gasteiger partial charge in [-0.2, -0.15) is 11.3 Å². The zero-order valence-corrected chi connectivity index (χ0v) is 13.0. The summed E-state index contributed by atoms with van der Waals surface area (Å²) in [5.74, 6) is -0.0971. The third-order valence-corrected chi connectivity index (χ3v) is 4.38. The summed E-state index contributed by atoms with van der Waals surface area (Å²) in [5.41, 5.74) is 1.65. The number of halogens is 1. The minimum atomic E-state index is -0.0971. The molecule has 1 aliphatic rings. The second-order valence-electron chi connectivity index (χ2n) is 4.93. The summed E-state index contributed by atoms with van der Waals surface area (Å²) in [5, 5.41) is 4.50. The largest absolute Gasteiger partial charge is 0.335 e. The molecule has 110 valence electrons. The van der Waals surface area contributed by atoms with Gasteiger partial charge in [-0.1, -0.05) is 11.6 Å². The van der Waals surface area contributed by atoms with Crippen LogP contribution in [-0.4, -0.2) is 51.9 Å². The van der Waals surface area contributed by atoms with Crippen LogP contribution in [0.1, 0.15) is 16.1 Å². The summed E-state index contributed by atoms with van der Waals surface area (Å²) in [6.07, 6.45) is 2.89. The lowest BCUT2D eigenvalue weighted by Gasteiger charge is -2.34. The van der Waals surface area contributed by atoms with Gasteiger partial charge in [-0.25, -0.2) is 4.98 Å². The smallest absolute Gasteiger partial charge is 0.274 e. The van der Waals surface area contributed by atoms with E-state index in [-0.39, 0.29) is 11.1 Å². The first-order valence-electron chi connectivity index (χ1n) is 6.72. The molecule has 2 aromatic heterocycles. The number of thiophene rings is 1. The van der Waals surface area contributed by atoms with Gasteiger partial charge in [0, 0.05) is 32.7 Å². The second kappa shape index (κ2) is 6.51. The monoisotopic (exact) mass is 322 g/mol. The maximum absolute atomic E-state index is 12.3. The molecule has 1 aliphatic heterocycles. The fourth-order valence-corrected chi connectivity index (χ4v) is 3.16. The van der Waals surface area contributed by atoms with Crippen LogP contribution in [-0.2, 0) is 6.54 Å². The SMILES string of the molecule is O=C(c1cncc(Cl)n1)N1CCN(Cc2ccsc2)CC1. The van der Waals surface area contributed by atoms with Gasteiger partial charge in [-0.05, 0) is 22.4 Å². The molecule has 3 heterocycles. The van der Waals surface area contributed by atoms with Gasteiger partial charge in [-0.15, -0.1) is 0 Å². The third-order valence-electron chi connectivity index (χ3n) is 3.47. The molecule has 3 rings (SSSR count). The Labute approximate surface area is 132 Å². The van der Waals surface area contributed by atoms with Crippen LogP contribution in [0, 0.1) is 0 Å². The Hall–Kier alpha value is -1.50. The maximum Gasteiger partial charge on any atom is 0.274 e. The summed E-state index contributed by atoms with van der Waals surface area (Å²) in [6, 6.07) is 2.14. The van der Waals surface area contributed by atoms with E-state index in [9.17, 15) is 4.79 Å². The molecule has 0 spiro atoms. The lowest BCUT2D eigenvalue weighted by molar-refractivity contribution is 0.0622. The molecule has 0 bridgehead atoms. The molecule has 0 unspecified atom stereocenters. The summed E-state index contributed by atoms with van der Waals surface area (Å²) in [7, 11) is 0. The Morgan fingerprint density at radius 1 is 1.29 bits per heavy atom. The van der Waals surface area contributed by atoms with Gasteiger partial charge in [-0.3, -0.25) is 14.7 Å². The number of amides is 1. The summed E-state index contributed by atoms with van der Waals surface area (Å²) < 4.78 is 0. The Morgan fingerprint density at radius 3 is 2.76 bits per heavy atom. The van der Waals surface area contributed by atoms with E-state index in [0.717, 1.165) is 19.6 Å². The number of aromatic nitrogens is 2. The van der Waals surface area contributed by atoms with Crippen molar-refractivity contribution < 1.29 is 4.79 Å². The molecule has 0 atom stereocenters. The molecule has 1 saturated heterocycles. The van der Waals surface area contributed by atoms with Crippen molar-refractivity contribution in [2.75, 3.05) is 26.2 Å². The van der Waals surface area contributed by atoms with Crippen molar-refractivity contribution in [3.05, 3.63) is 45.6 Å². The number of hydrogen-bond donors (Lipinski definition) is 0. The van der Waals surface area contributed by atoms with Crippen molar-refractivity contribution >= 4 is 28.8 Å². The standard InChI is InChI=1S/C14H15ClN4OS/c15-13-8-16-7-12(17-13)14(20)19-4-2-18(3-5-19)9-11-1-6-21-10-11/h1,6-8,10H,2-5,9H2. The van der Waals surface area contributed by atoms with Crippen molar-refractivity contribution in [1.29, 1.82) is 0 Å². The van der Waals surface area contributed by atoms with Gasteiger partial charge in [0.2, 0.25) is 0 Å². The summed E-state index contributed by atoms with van der Waals surface area (Å²) >= 11 is 7.49. The number of nitrogens with zero attached hydrogens (tertiary/aromatic N) is 4. The topological polar surface area (TPSA) is 49.3 Å². The van der Waals surface area contributed by atoms with E-state index in [0.29, 0.717) is 18.8 Å². The molecule has 2 aromatic rings. The minimum Gasteiger partial charge on any atom is -0.335 e. The van der Waals surface area contributed by atoms with Crippen LogP contribution in [0.3, 0.4) is 0 Å². The number of carbonyl (C=O) groups excluding carboxylic acids is 1. The van der Waals surface area contributed by atoms with Crippen LogP contribution in [0.25, 0.3) is 0 Å². The van der Waals surface area contributed by atoms with E-state index in [1.807, 2.05) is 4.90 Å². The molecule has 0 aromatic carbocycles. The van der Waals surface area contributed by atoms with E-state index < -0.39 is 0 Å². The first kappa shape index (κ1) is 14.4. The highest BCUT2D eigenvalue weighted by atomic mass is 35.5. The van der Waals surface area contributed by atoms with Crippen molar-refractivity contribution in [1.82, 2.24) is 19.8 Å². The first-order valence-corrected chi connectivity index (χ1v) is 8.05. The van der Waals surface area contributed by atoms with E-state index in [1.54, 1.807) is 11.3 Å². The van der Waals surface area contributed by atoms with Crippen molar-refractivity contribution in [3.63, 3.8) is 0 Å². The fourth-order valence-electron chi connectivity index (χ4n) is 2.36. The summed E-state index contributed by atoms with van der Waals surface area (Å²) in [4.78, 5) is 24.4. The lowest BCUT2D eigenvalue weighted by Crippen LogP contribution is -2.48. The lowest BCUT2D eigenvalue weighted by atomic mass is 10.2. The first-order chi connectivity index (χ1) is 10.2. The van der Waals surface area contributed by atoms with Crippen molar-refractivity contribution in [2.24, 2.45) is 0 Å². The quantitative estimate of drug-likeness (QED) is 0.869. The average Bonchev–Trinajstić information content (AvgIpc) is 3.00. The van der Waals surface area contributed by atoms with Gasteiger partial charge < -0.3 is 4.90 Å². The Bertz CT molecular complexity index is 611. The van der Waals surface area contributed by atoms with Crippen molar-refractivity contribution in [2.45, 2.75) is 6.54 Å². The van der Waals surface area contributed by atoms with Gasteiger partial charge >= 0.3 is 0 Å². The second-order valence-corrected chi connectivity index (χ2v) is 6.09. The molecule has 0 N–H and O–H groups in total. The molecule has 7 heteroatoms. The normalized spacial score (nSPS) is 16.1. The van der Waals surface area contributed by atoms with Crippen LogP contribution in [0.5, 0.6) is 0 Å². The molecule has 0 radical (unpaired) electrons. The van der Waals surface area contributed by atoms with E-state index >= 15 is 0 Å². The molecule has 21 heavy (non-hydrogen) atoms. The average molecular weight is 323 g/mol. The van der Waals surface area contributed by atoms with Gasteiger partial charge in [0.1, 0.15) is 10.8 Å². The highest BCUT2D eigenvalue weighted by Crippen LogP contribution is 2.13. The maximum atomic E-state index is 12.3. The van der Waals surface area contributed by atoms with Gasteiger partial charge in [0.05, 0.1) is 12.4 Å². The zero-order valence-electron chi connectivity index (χ0n) is 11.4. The molecular weight excluding hydrogens is 308 g/mol. The van der Waals surface area contributed by atoms with E-state index in [1.165, 1.54) is 18.0 Å². The highest BCUT2D eigenvalue weighted by molar-refractivity contribution is 7.07. The molecule has 1 amide bonds. The van der Waals surface area contributed by atoms with E-state index in [2.05, 4.69) is 31.7 Å². The van der Waals surface area contributed by atoms with Crippen LogP contribution in [0.4, 0.5) is 0 Å². The predicted molar refractivity (Wildman–Crippen MR) is 82.5 cm³/mol. The Morgan fingerprint density at radius 2 is 2.10 bits per heavy atom. The predicted octanol–water partition coefficient (Wildman–Crippen LogP) is 2.15. The number of hydrogen-bond acceptors (Lipinski definition) is 5. The zero-order chi connectivity index (χ0) is 14.7. The van der Waals surface area contributed by atoms with Gasteiger partial charge in [0.15, 0.2) is 0 Å². The number of carbonyl (C=O) groups is 1. The van der Waals surface area contributed by atoms with Crippen LogP contribution >= 0.6 is 22.9 Å². The fraction of sp³-hybridized carbons (Fsp3) is 0.357. The van der Waals surface area contributed by atoms with E-state index in [4.69, 9.17) is 11.6 Å². The molecule has 1 fully saturated rings. The van der Waals surface area contributed by atoms with Crippen LogP contribution in [0.15, 0.2) is 29.2 Å². The minimum absolute atomic E-state index is 0.0971. The third kappa shape index (κ3) is 3.58. The Kier molecular flexibility index (Phi) is 4.48. The summed E-state index contributed by atoms with van der Waals surface area (Å²) in [6.45, 7) is 4.10. The molecule has 0 saturated carbocycles. The highest BCUT2D eigenvalue weighted by Gasteiger charge is 2.23. The molecule has 5 nitrogen and oxygen atoms in total. The van der Waals surface area contributed by atoms with Gasteiger partial charge in [0.25, 0.3) is 5.91 Å². The Balaban J connectivity index is 1.57. The molecular formula is C14H15ClN4OS. The van der Waals surface area contributed by atoms with Crippen LogP contribution < -0.4 is 0 Å². The van der Waals surface area contributed by atoms with Crippen molar-refractivity contribution in [3.8, 4) is 0 Å². The number of piperazine rings is 1. The molecule has 0 aliphatic carbocycles. The van der Waals surface area contributed by atoms with Crippen LogP contribution in [0.2, 0.25) is 5.15 Å². The number of rotatable bonds is 3.